The van der Waals surface area contributed by atoms with Crippen LogP contribution in [0.25, 0.3) is 11.0 Å². The van der Waals surface area contributed by atoms with Crippen LogP contribution in [-0.2, 0) is 0 Å². The average molecular weight is 193 g/mol. The Kier molecular flexibility index (Phi) is 1.67. The zero-order valence-electron chi connectivity index (χ0n) is 7.35. The highest BCUT2D eigenvalue weighted by atomic mass is 16.6. The van der Waals surface area contributed by atoms with E-state index in [1.54, 1.807) is 0 Å². The SMILES string of the molecule is Cc1oc2ccc(O)cc2c1[N+](=O)[O-]. The number of nitro groups is 1. The highest BCUT2D eigenvalue weighted by Crippen LogP contribution is 2.33. The van der Waals surface area contributed by atoms with E-state index in [9.17, 15) is 15.2 Å². The summed E-state index contributed by atoms with van der Waals surface area (Å²) in [6.07, 6.45) is 0. The Hall–Kier alpha value is -2.04. The predicted molar refractivity (Wildman–Crippen MR) is 49.3 cm³/mol. The smallest absolute Gasteiger partial charge is 0.318 e. The van der Waals surface area contributed by atoms with Crippen LogP contribution >= 0.6 is 0 Å². The second-order valence-electron chi connectivity index (χ2n) is 2.94. The Morgan fingerprint density at radius 3 is 2.86 bits per heavy atom. The molecule has 1 N–H and O–H groups in total. The first-order valence-corrected chi connectivity index (χ1v) is 3.96. The molecule has 72 valence electrons. The molecule has 0 unspecified atom stereocenters. The minimum atomic E-state index is -0.513. The number of rotatable bonds is 1. The molecule has 1 aromatic carbocycles. The average Bonchev–Trinajstić information content (AvgIpc) is 2.40. The van der Waals surface area contributed by atoms with Crippen molar-refractivity contribution in [1.29, 1.82) is 0 Å². The van der Waals surface area contributed by atoms with Crippen molar-refractivity contribution in [3.05, 3.63) is 34.1 Å². The molecule has 1 heterocycles. The lowest BCUT2D eigenvalue weighted by Crippen LogP contribution is -1.87. The van der Waals surface area contributed by atoms with Gasteiger partial charge in [-0.25, -0.2) is 0 Å². The molecule has 1 aromatic heterocycles. The molecule has 14 heavy (non-hydrogen) atoms. The van der Waals surface area contributed by atoms with Gasteiger partial charge in [-0.05, 0) is 18.2 Å². The summed E-state index contributed by atoms with van der Waals surface area (Å²) in [7, 11) is 0. The van der Waals surface area contributed by atoms with E-state index in [-0.39, 0.29) is 17.2 Å². The number of phenols is 1. The third-order valence-corrected chi connectivity index (χ3v) is 2.00. The molecule has 5 nitrogen and oxygen atoms in total. The lowest BCUT2D eigenvalue weighted by atomic mass is 10.2. The van der Waals surface area contributed by atoms with Gasteiger partial charge in [-0.15, -0.1) is 0 Å². The molecule has 0 amide bonds. The first-order valence-electron chi connectivity index (χ1n) is 3.96. The third-order valence-electron chi connectivity index (χ3n) is 2.00. The summed E-state index contributed by atoms with van der Waals surface area (Å²) in [6, 6.07) is 4.25. The predicted octanol–water partition coefficient (Wildman–Crippen LogP) is 2.36. The van der Waals surface area contributed by atoms with Gasteiger partial charge in [0.1, 0.15) is 16.7 Å². The van der Waals surface area contributed by atoms with Gasteiger partial charge < -0.3 is 9.52 Å². The summed E-state index contributed by atoms with van der Waals surface area (Å²) in [6.45, 7) is 1.52. The monoisotopic (exact) mass is 193 g/mol. The van der Waals surface area contributed by atoms with Crippen LogP contribution in [0.1, 0.15) is 5.76 Å². The van der Waals surface area contributed by atoms with Crippen LogP contribution in [0, 0.1) is 17.0 Å². The quantitative estimate of drug-likeness (QED) is 0.557. The van der Waals surface area contributed by atoms with Crippen molar-refractivity contribution >= 4 is 16.7 Å². The molecule has 0 spiro atoms. The van der Waals surface area contributed by atoms with Gasteiger partial charge in [-0.1, -0.05) is 0 Å². The van der Waals surface area contributed by atoms with Crippen LogP contribution in [0.3, 0.4) is 0 Å². The molecule has 0 bridgehead atoms. The summed E-state index contributed by atoms with van der Waals surface area (Å²) in [5.41, 5.74) is 0.322. The number of aryl methyl sites for hydroxylation is 1. The largest absolute Gasteiger partial charge is 0.508 e. The van der Waals surface area contributed by atoms with E-state index in [0.29, 0.717) is 11.0 Å². The molecular formula is C9H7NO4. The maximum Gasteiger partial charge on any atom is 0.318 e. The van der Waals surface area contributed by atoms with Crippen LogP contribution in [-0.4, -0.2) is 10.0 Å². The Balaban J connectivity index is 2.86. The molecular weight excluding hydrogens is 186 g/mol. The minimum absolute atomic E-state index is 0.0126. The third kappa shape index (κ3) is 1.10. The lowest BCUT2D eigenvalue weighted by molar-refractivity contribution is -0.384. The van der Waals surface area contributed by atoms with Crippen LogP contribution in [0.4, 0.5) is 5.69 Å². The molecule has 0 aliphatic heterocycles. The van der Waals surface area contributed by atoms with Crippen LogP contribution in [0.2, 0.25) is 0 Å². The van der Waals surface area contributed by atoms with E-state index in [4.69, 9.17) is 4.42 Å². The van der Waals surface area contributed by atoms with Crippen LogP contribution in [0.5, 0.6) is 5.75 Å². The van der Waals surface area contributed by atoms with E-state index in [0.717, 1.165) is 0 Å². The molecule has 2 rings (SSSR count). The van der Waals surface area contributed by atoms with Gasteiger partial charge in [-0.3, -0.25) is 10.1 Å². The molecule has 2 aromatic rings. The number of nitrogens with zero attached hydrogens (tertiary/aromatic N) is 1. The van der Waals surface area contributed by atoms with Gasteiger partial charge in [-0.2, -0.15) is 0 Å². The first kappa shape index (κ1) is 8.55. The van der Waals surface area contributed by atoms with Gasteiger partial charge in [0.2, 0.25) is 0 Å². The Morgan fingerprint density at radius 1 is 1.50 bits per heavy atom. The van der Waals surface area contributed by atoms with Gasteiger partial charge in [0, 0.05) is 6.92 Å². The summed E-state index contributed by atoms with van der Waals surface area (Å²) < 4.78 is 5.16. The van der Waals surface area contributed by atoms with Crippen LogP contribution < -0.4 is 0 Å². The van der Waals surface area contributed by atoms with Gasteiger partial charge >= 0.3 is 5.69 Å². The highest BCUT2D eigenvalue weighted by Gasteiger charge is 2.21. The normalized spacial score (nSPS) is 10.6. The molecule has 0 aliphatic carbocycles. The zero-order valence-corrected chi connectivity index (χ0v) is 7.35. The van der Waals surface area contributed by atoms with Gasteiger partial charge in [0.15, 0.2) is 5.76 Å². The Labute approximate surface area is 78.7 Å². The molecule has 5 heteroatoms. The second kappa shape index (κ2) is 2.73. The maximum absolute atomic E-state index is 10.7. The summed E-state index contributed by atoms with van der Waals surface area (Å²) in [5, 5.41) is 20.2. The fraction of sp³-hybridized carbons (Fsp3) is 0.111. The Bertz CT molecular complexity index is 515. The fourth-order valence-corrected chi connectivity index (χ4v) is 1.42. The van der Waals surface area contributed by atoms with Gasteiger partial charge in [0.25, 0.3) is 0 Å². The number of furan rings is 1. The van der Waals surface area contributed by atoms with Crippen molar-refractivity contribution in [1.82, 2.24) is 0 Å². The number of aromatic hydroxyl groups is 1. The lowest BCUT2D eigenvalue weighted by Gasteiger charge is -1.90. The van der Waals surface area contributed by atoms with Crippen molar-refractivity contribution in [2.24, 2.45) is 0 Å². The number of hydrogen-bond acceptors (Lipinski definition) is 4. The van der Waals surface area contributed by atoms with Crippen molar-refractivity contribution in [3.8, 4) is 5.75 Å². The standard InChI is InChI=1S/C9H7NO4/c1-5-9(10(12)13)7-4-6(11)2-3-8(7)14-5/h2-4,11H,1H3. The number of phenolic OH excluding ortho intramolecular Hbond substituents is 1. The first-order chi connectivity index (χ1) is 6.59. The topological polar surface area (TPSA) is 76.5 Å². The van der Waals surface area contributed by atoms with Crippen molar-refractivity contribution in [2.45, 2.75) is 6.92 Å². The van der Waals surface area contributed by atoms with Crippen molar-refractivity contribution in [3.63, 3.8) is 0 Å². The van der Waals surface area contributed by atoms with Crippen LogP contribution in [0.15, 0.2) is 22.6 Å². The van der Waals surface area contributed by atoms with E-state index < -0.39 is 4.92 Å². The molecule has 0 atom stereocenters. The fourth-order valence-electron chi connectivity index (χ4n) is 1.42. The molecule has 0 aliphatic rings. The van der Waals surface area contributed by atoms with Gasteiger partial charge in [0.05, 0.1) is 4.92 Å². The summed E-state index contributed by atoms with van der Waals surface area (Å²) >= 11 is 0. The molecule has 0 fully saturated rings. The van der Waals surface area contributed by atoms with E-state index in [1.165, 1.54) is 25.1 Å². The summed E-state index contributed by atoms with van der Waals surface area (Å²) in [4.78, 5) is 10.2. The zero-order chi connectivity index (χ0) is 10.3. The maximum atomic E-state index is 10.7. The second-order valence-corrected chi connectivity index (χ2v) is 2.94. The van der Waals surface area contributed by atoms with Crippen molar-refractivity contribution in [2.75, 3.05) is 0 Å². The van der Waals surface area contributed by atoms with Crippen molar-refractivity contribution < 1.29 is 14.4 Å². The molecule has 0 saturated carbocycles. The van der Waals surface area contributed by atoms with E-state index in [1.807, 2.05) is 0 Å². The molecule has 0 saturated heterocycles. The summed E-state index contributed by atoms with van der Waals surface area (Å²) in [5.74, 6) is 0.233. The number of hydrogen-bond donors (Lipinski definition) is 1. The number of benzene rings is 1. The van der Waals surface area contributed by atoms with E-state index in [2.05, 4.69) is 0 Å². The van der Waals surface area contributed by atoms with E-state index >= 15 is 0 Å². The number of fused-ring (bicyclic) bond motifs is 1. The Morgan fingerprint density at radius 2 is 2.21 bits per heavy atom. The highest BCUT2D eigenvalue weighted by molar-refractivity contribution is 5.89. The molecule has 0 radical (unpaired) electrons. The minimum Gasteiger partial charge on any atom is -0.508 e.